The number of carbonyl (C=O) groups excluding carboxylic acids is 2. The number of aromatic nitrogens is 2. The van der Waals surface area contributed by atoms with Crippen molar-refractivity contribution in [3.05, 3.63) is 24.3 Å². The van der Waals surface area contributed by atoms with Gasteiger partial charge in [-0.15, -0.1) is 0 Å². The number of Topliss-reactive ketones (excluding diaryl/α,β-unsaturated/α-hetero) is 1. The van der Waals surface area contributed by atoms with Gasteiger partial charge < -0.3 is 15.5 Å². The molecule has 0 spiro atoms. The topological polar surface area (TPSA) is 112 Å². The molecular formula is C24H37N3O4. The lowest BCUT2D eigenvalue weighted by Crippen LogP contribution is -2.24. The van der Waals surface area contributed by atoms with Crippen LogP contribution in [0.5, 0.6) is 0 Å². The normalized spacial score (nSPS) is 24.3. The highest BCUT2D eigenvalue weighted by Gasteiger charge is 2.40. The lowest BCUT2D eigenvalue weighted by Gasteiger charge is -2.22. The molecule has 0 aliphatic heterocycles. The first kappa shape index (κ1) is 23.8. The second-order valence-electron chi connectivity index (χ2n) is 9.24. The summed E-state index contributed by atoms with van der Waals surface area (Å²) in [6.07, 6.45) is 12.5. The fraction of sp³-hybridized carbons (Fsp3) is 0.750. The Labute approximate surface area is 185 Å². The highest BCUT2D eigenvalue weighted by Crippen LogP contribution is 2.36. The molecule has 0 radical (unpaired) electrons. The predicted octanol–water partition coefficient (Wildman–Crippen LogP) is 2.74. The molecular weight excluding hydrogens is 394 g/mol. The second-order valence-corrected chi connectivity index (χ2v) is 9.24. The lowest BCUT2D eigenvalue weighted by molar-refractivity contribution is -0.122. The van der Waals surface area contributed by atoms with E-state index < -0.39 is 12.2 Å². The Morgan fingerprint density at radius 3 is 2.58 bits per heavy atom. The van der Waals surface area contributed by atoms with E-state index in [1.165, 1.54) is 0 Å². The second kappa shape index (κ2) is 12.2. The Balaban J connectivity index is 1.31. The van der Waals surface area contributed by atoms with Crippen molar-refractivity contribution >= 4 is 11.7 Å². The van der Waals surface area contributed by atoms with Crippen molar-refractivity contribution in [3.63, 3.8) is 0 Å². The van der Waals surface area contributed by atoms with Crippen LogP contribution in [0.3, 0.4) is 0 Å². The van der Waals surface area contributed by atoms with Crippen molar-refractivity contribution in [1.29, 1.82) is 0 Å². The van der Waals surface area contributed by atoms with Crippen molar-refractivity contribution in [2.75, 3.05) is 0 Å². The maximum atomic E-state index is 12.4. The molecule has 4 atom stereocenters. The number of nitrogens with zero attached hydrogens (tertiary/aromatic N) is 2. The molecule has 2 aliphatic carbocycles. The predicted molar refractivity (Wildman–Crippen MR) is 117 cm³/mol. The van der Waals surface area contributed by atoms with E-state index in [0.29, 0.717) is 38.1 Å². The average Bonchev–Trinajstić information content (AvgIpc) is 3.52. The largest absolute Gasteiger partial charge is 0.393 e. The molecule has 3 rings (SSSR count). The Morgan fingerprint density at radius 1 is 1.10 bits per heavy atom. The quantitative estimate of drug-likeness (QED) is 0.391. The van der Waals surface area contributed by atoms with Gasteiger partial charge in [0.1, 0.15) is 11.6 Å². The SMILES string of the molecule is O=C(CCCCCC[C@H]1C(=O)C[C@@H](O)[C@@H]1CC[C@@H](O)CCc1ncccn1)NC1CC1. The summed E-state index contributed by atoms with van der Waals surface area (Å²) in [6.45, 7) is 0. The molecule has 0 unspecified atom stereocenters. The number of unbranched alkanes of at least 4 members (excludes halogenated alkanes) is 3. The summed E-state index contributed by atoms with van der Waals surface area (Å²) < 4.78 is 0. The van der Waals surface area contributed by atoms with E-state index in [1.807, 2.05) is 0 Å². The van der Waals surface area contributed by atoms with Gasteiger partial charge in [0.05, 0.1) is 12.2 Å². The summed E-state index contributed by atoms with van der Waals surface area (Å²) in [7, 11) is 0. The number of ketones is 1. The molecule has 1 heterocycles. The summed E-state index contributed by atoms with van der Waals surface area (Å²) in [4.78, 5) is 32.4. The van der Waals surface area contributed by atoms with Crippen LogP contribution in [-0.4, -0.2) is 50.1 Å². The van der Waals surface area contributed by atoms with Crippen molar-refractivity contribution in [1.82, 2.24) is 15.3 Å². The summed E-state index contributed by atoms with van der Waals surface area (Å²) in [5, 5.41) is 23.7. The van der Waals surface area contributed by atoms with E-state index in [-0.39, 0.29) is 29.9 Å². The van der Waals surface area contributed by atoms with Gasteiger partial charge in [-0.25, -0.2) is 9.97 Å². The molecule has 1 aromatic rings. The maximum absolute atomic E-state index is 12.4. The number of carbonyl (C=O) groups is 2. The monoisotopic (exact) mass is 431 g/mol. The number of aryl methyl sites for hydroxylation is 1. The van der Waals surface area contributed by atoms with Gasteiger partial charge in [0.25, 0.3) is 0 Å². The fourth-order valence-corrected chi connectivity index (χ4v) is 4.60. The van der Waals surface area contributed by atoms with Crippen LogP contribution < -0.4 is 5.32 Å². The highest BCUT2D eigenvalue weighted by molar-refractivity contribution is 5.84. The van der Waals surface area contributed by atoms with Crippen molar-refractivity contribution in [3.8, 4) is 0 Å². The number of hydrogen-bond donors (Lipinski definition) is 3. The van der Waals surface area contributed by atoms with E-state index in [2.05, 4.69) is 15.3 Å². The number of hydrogen-bond acceptors (Lipinski definition) is 6. The van der Waals surface area contributed by atoms with Gasteiger partial charge in [-0.3, -0.25) is 9.59 Å². The lowest BCUT2D eigenvalue weighted by atomic mass is 9.85. The van der Waals surface area contributed by atoms with Crippen molar-refractivity contribution in [2.24, 2.45) is 11.8 Å². The van der Waals surface area contributed by atoms with Gasteiger partial charge in [-0.05, 0) is 56.9 Å². The first-order chi connectivity index (χ1) is 15.0. The van der Waals surface area contributed by atoms with Gasteiger partial charge in [-0.2, -0.15) is 0 Å². The minimum absolute atomic E-state index is 0.0561. The fourth-order valence-electron chi connectivity index (χ4n) is 4.60. The Kier molecular flexibility index (Phi) is 9.40. The van der Waals surface area contributed by atoms with Crippen LogP contribution in [-0.2, 0) is 16.0 Å². The molecule has 1 amide bonds. The van der Waals surface area contributed by atoms with Crippen LogP contribution in [0.4, 0.5) is 0 Å². The summed E-state index contributed by atoms with van der Waals surface area (Å²) in [5.41, 5.74) is 0. The summed E-state index contributed by atoms with van der Waals surface area (Å²) >= 11 is 0. The molecule has 2 aliphatic rings. The van der Waals surface area contributed by atoms with E-state index in [4.69, 9.17) is 0 Å². The summed E-state index contributed by atoms with van der Waals surface area (Å²) in [6, 6.07) is 2.19. The average molecular weight is 432 g/mol. The number of aliphatic hydroxyl groups excluding tert-OH is 2. The van der Waals surface area contributed by atoms with Crippen LogP contribution in [0.25, 0.3) is 0 Å². The molecule has 31 heavy (non-hydrogen) atoms. The van der Waals surface area contributed by atoms with Crippen LogP contribution in [0, 0.1) is 11.8 Å². The maximum Gasteiger partial charge on any atom is 0.220 e. The van der Waals surface area contributed by atoms with Gasteiger partial charge in [0, 0.05) is 43.6 Å². The molecule has 3 N–H and O–H groups in total. The smallest absolute Gasteiger partial charge is 0.220 e. The molecule has 0 aromatic carbocycles. The van der Waals surface area contributed by atoms with E-state index in [1.54, 1.807) is 18.5 Å². The molecule has 0 bridgehead atoms. The Hall–Kier alpha value is -1.86. The summed E-state index contributed by atoms with van der Waals surface area (Å²) in [5.74, 6) is 0.889. The first-order valence-electron chi connectivity index (χ1n) is 12.0. The number of rotatable bonds is 14. The van der Waals surface area contributed by atoms with Gasteiger partial charge in [0.15, 0.2) is 0 Å². The minimum Gasteiger partial charge on any atom is -0.393 e. The zero-order chi connectivity index (χ0) is 22.1. The molecule has 2 saturated carbocycles. The first-order valence-corrected chi connectivity index (χ1v) is 12.0. The van der Waals surface area contributed by atoms with Crippen LogP contribution in [0.2, 0.25) is 0 Å². The van der Waals surface area contributed by atoms with E-state index in [9.17, 15) is 19.8 Å². The minimum atomic E-state index is -0.590. The van der Waals surface area contributed by atoms with E-state index >= 15 is 0 Å². The zero-order valence-corrected chi connectivity index (χ0v) is 18.4. The zero-order valence-electron chi connectivity index (χ0n) is 18.4. The number of amides is 1. The third kappa shape index (κ3) is 8.30. The van der Waals surface area contributed by atoms with Gasteiger partial charge in [0.2, 0.25) is 5.91 Å². The molecule has 7 heteroatoms. The van der Waals surface area contributed by atoms with Gasteiger partial charge >= 0.3 is 0 Å². The van der Waals surface area contributed by atoms with Crippen LogP contribution in [0.1, 0.15) is 82.9 Å². The third-order valence-electron chi connectivity index (χ3n) is 6.60. The van der Waals surface area contributed by atoms with Crippen molar-refractivity contribution in [2.45, 2.75) is 102 Å². The highest BCUT2D eigenvalue weighted by atomic mass is 16.3. The number of nitrogens with one attached hydrogen (secondary N) is 1. The molecule has 0 saturated heterocycles. The third-order valence-corrected chi connectivity index (χ3v) is 6.60. The molecule has 1 aromatic heterocycles. The molecule has 7 nitrogen and oxygen atoms in total. The van der Waals surface area contributed by atoms with E-state index in [0.717, 1.165) is 50.8 Å². The van der Waals surface area contributed by atoms with Crippen LogP contribution >= 0.6 is 0 Å². The molecule has 172 valence electrons. The Morgan fingerprint density at radius 2 is 1.84 bits per heavy atom. The Bertz CT molecular complexity index is 695. The van der Waals surface area contributed by atoms with Crippen LogP contribution in [0.15, 0.2) is 18.5 Å². The number of aliphatic hydroxyl groups is 2. The standard InChI is InChI=1S/C24H37N3O4/c28-18(11-13-23-25-14-5-15-26-23)10-12-20-19(21(29)16-22(20)30)6-3-1-2-4-7-24(31)27-17-8-9-17/h5,14-15,17-20,22,28,30H,1-4,6-13,16H2,(H,27,31)/t18-,19-,20-,22-/m1/s1. The van der Waals surface area contributed by atoms with Gasteiger partial charge in [-0.1, -0.05) is 19.3 Å². The van der Waals surface area contributed by atoms with Crippen molar-refractivity contribution < 1.29 is 19.8 Å². The molecule has 2 fully saturated rings.